The Morgan fingerprint density at radius 1 is 1.00 bits per heavy atom. The molecule has 0 spiro atoms. The number of rotatable bonds is 11. The van der Waals surface area contributed by atoms with Crippen molar-refractivity contribution in [1.82, 2.24) is 15.2 Å². The summed E-state index contributed by atoms with van der Waals surface area (Å²) < 4.78 is 42.9. The van der Waals surface area contributed by atoms with Crippen molar-refractivity contribution in [2.24, 2.45) is 0 Å². The van der Waals surface area contributed by atoms with E-state index < -0.39 is 10.0 Å². The zero-order valence-corrected chi connectivity index (χ0v) is 19.6. The van der Waals surface area contributed by atoms with Crippen LogP contribution in [0.1, 0.15) is 22.6 Å². The maximum Gasteiger partial charge on any atom is 0.240 e. The smallest absolute Gasteiger partial charge is 0.240 e. The normalized spacial score (nSPS) is 11.2. The topological polar surface area (TPSA) is 120 Å². The van der Waals surface area contributed by atoms with Crippen LogP contribution in [0.3, 0.4) is 0 Å². The Bertz CT molecular complexity index is 1150. The first kappa shape index (κ1) is 24.3. The number of nitrogens with one attached hydrogen (secondary N) is 2. The highest BCUT2D eigenvalue weighted by atomic mass is 32.2. The summed E-state index contributed by atoms with van der Waals surface area (Å²) in [5, 5.41) is 6.61. The van der Waals surface area contributed by atoms with Crippen LogP contribution in [-0.2, 0) is 27.8 Å². The van der Waals surface area contributed by atoms with Crippen LogP contribution in [0.4, 0.5) is 0 Å². The third-order valence-electron chi connectivity index (χ3n) is 4.96. The first-order chi connectivity index (χ1) is 15.8. The standard InChI is InChI=1S/C23H27N3O6S/c1-16-22(17(2)32-26-16)15-31-20-6-4-18(5-7-20)14-23(27)24-12-13-25-33(28,29)21-10-8-19(30-3)9-11-21/h4-11,25H,12-15H2,1-3H3,(H,24,27). The summed E-state index contributed by atoms with van der Waals surface area (Å²) in [5.41, 5.74) is 2.53. The second-order valence-electron chi connectivity index (χ2n) is 7.34. The number of aromatic nitrogens is 1. The zero-order chi connectivity index (χ0) is 23.8. The van der Waals surface area contributed by atoms with Gasteiger partial charge in [0.2, 0.25) is 15.9 Å². The number of amides is 1. The van der Waals surface area contributed by atoms with Crippen molar-refractivity contribution in [1.29, 1.82) is 0 Å². The lowest BCUT2D eigenvalue weighted by molar-refractivity contribution is -0.120. The second kappa shape index (κ2) is 11.0. The minimum absolute atomic E-state index is 0.0780. The fourth-order valence-corrected chi connectivity index (χ4v) is 4.07. The van der Waals surface area contributed by atoms with Crippen LogP contribution < -0.4 is 19.5 Å². The van der Waals surface area contributed by atoms with E-state index in [0.29, 0.717) is 18.1 Å². The first-order valence-electron chi connectivity index (χ1n) is 10.3. The summed E-state index contributed by atoms with van der Waals surface area (Å²) in [6.07, 6.45) is 0.176. The molecule has 2 aromatic carbocycles. The van der Waals surface area contributed by atoms with Gasteiger partial charge in [-0.3, -0.25) is 4.79 Å². The van der Waals surface area contributed by atoms with Crippen molar-refractivity contribution in [3.63, 3.8) is 0 Å². The molecule has 2 N–H and O–H groups in total. The highest BCUT2D eigenvalue weighted by Crippen LogP contribution is 2.18. The van der Waals surface area contributed by atoms with Gasteiger partial charge in [-0.2, -0.15) is 0 Å². The number of nitrogens with zero attached hydrogens (tertiary/aromatic N) is 1. The van der Waals surface area contributed by atoms with E-state index in [4.69, 9.17) is 14.0 Å². The van der Waals surface area contributed by atoms with Crippen LogP contribution in [0, 0.1) is 13.8 Å². The molecule has 0 unspecified atom stereocenters. The molecule has 9 nitrogen and oxygen atoms in total. The Morgan fingerprint density at radius 3 is 2.27 bits per heavy atom. The van der Waals surface area contributed by atoms with Gasteiger partial charge in [-0.05, 0) is 55.8 Å². The molecular formula is C23H27N3O6S. The number of hydrogen-bond acceptors (Lipinski definition) is 7. The Hall–Kier alpha value is -3.37. The molecule has 3 aromatic rings. The summed E-state index contributed by atoms with van der Waals surface area (Å²) in [6, 6.07) is 13.3. The molecule has 0 atom stereocenters. The second-order valence-corrected chi connectivity index (χ2v) is 9.10. The minimum Gasteiger partial charge on any atom is -0.497 e. The quantitative estimate of drug-likeness (QED) is 0.411. The summed E-state index contributed by atoms with van der Waals surface area (Å²) in [7, 11) is -2.15. The van der Waals surface area contributed by atoms with E-state index in [0.717, 1.165) is 22.6 Å². The van der Waals surface area contributed by atoms with Crippen LogP contribution in [-0.4, -0.2) is 39.7 Å². The molecule has 0 radical (unpaired) electrons. The van der Waals surface area contributed by atoms with Crippen molar-refractivity contribution in [2.75, 3.05) is 20.2 Å². The SMILES string of the molecule is COc1ccc(S(=O)(=O)NCCNC(=O)Cc2ccc(OCc3c(C)noc3C)cc2)cc1. The number of ether oxygens (including phenoxy) is 2. The van der Waals surface area contributed by atoms with E-state index in [-0.39, 0.29) is 30.3 Å². The van der Waals surface area contributed by atoms with Gasteiger partial charge in [0.1, 0.15) is 23.9 Å². The van der Waals surface area contributed by atoms with Gasteiger partial charge >= 0.3 is 0 Å². The molecule has 3 rings (SSSR count). The predicted molar refractivity (Wildman–Crippen MR) is 122 cm³/mol. The lowest BCUT2D eigenvalue weighted by Gasteiger charge is -2.09. The molecule has 10 heteroatoms. The molecule has 0 aliphatic heterocycles. The maximum absolute atomic E-state index is 12.3. The van der Waals surface area contributed by atoms with E-state index in [1.807, 2.05) is 26.0 Å². The van der Waals surface area contributed by atoms with Crippen molar-refractivity contribution < 1.29 is 27.2 Å². The van der Waals surface area contributed by atoms with Crippen molar-refractivity contribution in [2.45, 2.75) is 31.8 Å². The van der Waals surface area contributed by atoms with Gasteiger partial charge in [-0.1, -0.05) is 17.3 Å². The Kier molecular flexibility index (Phi) is 8.07. The average Bonchev–Trinajstić information content (AvgIpc) is 3.13. The zero-order valence-electron chi connectivity index (χ0n) is 18.8. The molecule has 0 aliphatic carbocycles. The fraction of sp³-hybridized carbons (Fsp3) is 0.304. The van der Waals surface area contributed by atoms with Crippen LogP contribution in [0.25, 0.3) is 0 Å². The third-order valence-corrected chi connectivity index (χ3v) is 6.44. The van der Waals surface area contributed by atoms with Crippen LogP contribution in [0.2, 0.25) is 0 Å². The predicted octanol–water partition coefficient (Wildman–Crippen LogP) is 2.52. The number of benzene rings is 2. The van der Waals surface area contributed by atoms with E-state index in [2.05, 4.69) is 15.2 Å². The summed E-state index contributed by atoms with van der Waals surface area (Å²) in [5.74, 6) is 1.77. The Balaban J connectivity index is 1.40. The maximum atomic E-state index is 12.3. The average molecular weight is 474 g/mol. The van der Waals surface area contributed by atoms with E-state index in [1.165, 1.54) is 19.2 Å². The molecule has 1 heterocycles. The summed E-state index contributed by atoms with van der Waals surface area (Å²) >= 11 is 0. The molecule has 0 saturated heterocycles. The number of sulfonamides is 1. The largest absolute Gasteiger partial charge is 0.497 e. The number of carbonyl (C=O) groups is 1. The van der Waals surface area contributed by atoms with Gasteiger partial charge in [-0.15, -0.1) is 0 Å². The van der Waals surface area contributed by atoms with Gasteiger partial charge in [-0.25, -0.2) is 13.1 Å². The van der Waals surface area contributed by atoms with Crippen molar-refractivity contribution >= 4 is 15.9 Å². The number of carbonyl (C=O) groups excluding carboxylic acids is 1. The molecular weight excluding hydrogens is 446 g/mol. The number of aryl methyl sites for hydroxylation is 2. The lowest BCUT2D eigenvalue weighted by Crippen LogP contribution is -2.35. The van der Waals surface area contributed by atoms with Crippen LogP contribution in [0.5, 0.6) is 11.5 Å². The molecule has 1 amide bonds. The lowest BCUT2D eigenvalue weighted by atomic mass is 10.1. The van der Waals surface area contributed by atoms with Gasteiger partial charge in [0.15, 0.2) is 0 Å². The van der Waals surface area contributed by atoms with E-state index in [1.54, 1.807) is 24.3 Å². The third kappa shape index (κ3) is 6.80. The van der Waals surface area contributed by atoms with Gasteiger partial charge < -0.3 is 19.3 Å². The monoisotopic (exact) mass is 473 g/mol. The molecule has 0 fully saturated rings. The van der Waals surface area contributed by atoms with Gasteiger partial charge in [0, 0.05) is 13.1 Å². The Morgan fingerprint density at radius 2 is 1.67 bits per heavy atom. The highest BCUT2D eigenvalue weighted by molar-refractivity contribution is 7.89. The summed E-state index contributed by atoms with van der Waals surface area (Å²) in [6.45, 7) is 4.31. The molecule has 0 saturated carbocycles. The van der Waals surface area contributed by atoms with Crippen LogP contribution in [0.15, 0.2) is 57.9 Å². The molecule has 0 bridgehead atoms. The molecule has 33 heavy (non-hydrogen) atoms. The number of hydrogen-bond donors (Lipinski definition) is 2. The fourth-order valence-electron chi connectivity index (χ4n) is 3.04. The highest BCUT2D eigenvalue weighted by Gasteiger charge is 2.14. The van der Waals surface area contributed by atoms with Crippen molar-refractivity contribution in [3.05, 3.63) is 71.1 Å². The number of methoxy groups -OCH3 is 1. The molecule has 0 aliphatic rings. The van der Waals surface area contributed by atoms with E-state index in [9.17, 15) is 13.2 Å². The summed E-state index contributed by atoms with van der Waals surface area (Å²) in [4.78, 5) is 12.3. The van der Waals surface area contributed by atoms with Gasteiger partial charge in [0.25, 0.3) is 0 Å². The van der Waals surface area contributed by atoms with Crippen LogP contribution >= 0.6 is 0 Å². The van der Waals surface area contributed by atoms with Gasteiger partial charge in [0.05, 0.1) is 29.7 Å². The minimum atomic E-state index is -3.65. The molecule has 1 aromatic heterocycles. The van der Waals surface area contributed by atoms with Crippen molar-refractivity contribution in [3.8, 4) is 11.5 Å². The first-order valence-corrected chi connectivity index (χ1v) is 11.8. The Labute approximate surface area is 193 Å². The van der Waals surface area contributed by atoms with E-state index >= 15 is 0 Å². The molecule has 176 valence electrons.